The highest BCUT2D eigenvalue weighted by Crippen LogP contribution is 2.07. The van der Waals surface area contributed by atoms with Gasteiger partial charge in [0.05, 0.1) is 0 Å². The zero-order chi connectivity index (χ0) is 12.3. The van der Waals surface area contributed by atoms with E-state index >= 15 is 0 Å². The van der Waals surface area contributed by atoms with Gasteiger partial charge in [0, 0.05) is 24.7 Å². The maximum atomic E-state index is 5.54. The van der Waals surface area contributed by atoms with Crippen molar-refractivity contribution in [2.75, 3.05) is 17.6 Å². The maximum absolute atomic E-state index is 5.54. The van der Waals surface area contributed by atoms with E-state index in [2.05, 4.69) is 25.4 Å². The number of aromatic nitrogens is 4. The lowest BCUT2D eigenvalue weighted by molar-refractivity contribution is 0.377. The van der Waals surface area contributed by atoms with E-state index in [4.69, 9.17) is 10.3 Å². The Labute approximate surface area is 98.5 Å². The lowest BCUT2D eigenvalue weighted by Crippen LogP contribution is -2.08. The molecule has 0 spiro atoms. The summed E-state index contributed by atoms with van der Waals surface area (Å²) in [5.41, 5.74) is 6.37. The molecule has 0 unspecified atom stereocenters. The van der Waals surface area contributed by atoms with Crippen LogP contribution in [0.5, 0.6) is 0 Å². The Balaban J connectivity index is 1.89. The monoisotopic (exact) mass is 234 g/mol. The van der Waals surface area contributed by atoms with Crippen LogP contribution in [-0.4, -0.2) is 26.7 Å². The van der Waals surface area contributed by atoms with Crippen LogP contribution in [0.3, 0.4) is 0 Å². The number of rotatable bonds is 4. The highest BCUT2D eigenvalue weighted by atomic mass is 16.5. The van der Waals surface area contributed by atoms with Gasteiger partial charge in [0.2, 0.25) is 11.8 Å². The molecule has 17 heavy (non-hydrogen) atoms. The number of aryl methyl sites for hydroxylation is 2. The van der Waals surface area contributed by atoms with Crippen molar-refractivity contribution in [2.45, 2.75) is 20.3 Å². The highest BCUT2D eigenvalue weighted by Gasteiger charge is 2.03. The van der Waals surface area contributed by atoms with Crippen molar-refractivity contribution < 1.29 is 4.52 Å². The summed E-state index contributed by atoms with van der Waals surface area (Å²) >= 11 is 0. The lowest BCUT2D eigenvalue weighted by atomic mass is 10.4. The van der Waals surface area contributed by atoms with E-state index in [9.17, 15) is 0 Å². The molecular formula is C10H14N6O. The average Bonchev–Trinajstić information content (AvgIpc) is 2.63. The fourth-order valence-corrected chi connectivity index (χ4v) is 1.42. The Kier molecular flexibility index (Phi) is 3.17. The van der Waals surface area contributed by atoms with Crippen molar-refractivity contribution in [3.63, 3.8) is 0 Å². The molecule has 0 aliphatic carbocycles. The minimum Gasteiger partial charge on any atom is -0.369 e. The second-order valence-electron chi connectivity index (χ2n) is 3.66. The van der Waals surface area contributed by atoms with E-state index in [1.165, 1.54) is 0 Å². The number of anilines is 2. The number of nitrogen functional groups attached to an aromatic ring is 1. The molecule has 7 heteroatoms. The Morgan fingerprint density at radius 1 is 1.29 bits per heavy atom. The largest absolute Gasteiger partial charge is 0.369 e. The minimum absolute atomic E-state index is 0.265. The Hall–Kier alpha value is -2.18. The SMILES string of the molecule is Cc1cc(NCCc2nc(C)no2)nc(N)n1. The first-order valence-corrected chi connectivity index (χ1v) is 5.28. The van der Waals surface area contributed by atoms with E-state index in [0.29, 0.717) is 30.5 Å². The average molecular weight is 234 g/mol. The first-order valence-electron chi connectivity index (χ1n) is 5.28. The molecule has 90 valence electrons. The molecule has 0 amide bonds. The summed E-state index contributed by atoms with van der Waals surface area (Å²) in [6.07, 6.45) is 0.643. The fourth-order valence-electron chi connectivity index (χ4n) is 1.42. The second kappa shape index (κ2) is 4.77. The van der Waals surface area contributed by atoms with Gasteiger partial charge in [-0.15, -0.1) is 0 Å². The van der Waals surface area contributed by atoms with E-state index in [1.807, 2.05) is 13.0 Å². The number of nitrogens with zero attached hydrogens (tertiary/aromatic N) is 4. The molecule has 0 bridgehead atoms. The fraction of sp³-hybridized carbons (Fsp3) is 0.400. The number of nitrogens with two attached hydrogens (primary N) is 1. The molecule has 0 aliphatic heterocycles. The third-order valence-electron chi connectivity index (χ3n) is 2.09. The van der Waals surface area contributed by atoms with Gasteiger partial charge in [-0.3, -0.25) is 0 Å². The Bertz CT molecular complexity index is 489. The smallest absolute Gasteiger partial charge is 0.228 e. The molecule has 0 aliphatic rings. The summed E-state index contributed by atoms with van der Waals surface area (Å²) < 4.78 is 4.99. The summed E-state index contributed by atoms with van der Waals surface area (Å²) in [6, 6.07) is 1.83. The molecule has 2 aromatic heterocycles. The molecule has 3 N–H and O–H groups in total. The molecule has 0 atom stereocenters. The van der Waals surface area contributed by atoms with Gasteiger partial charge in [-0.05, 0) is 13.8 Å². The van der Waals surface area contributed by atoms with E-state index in [1.54, 1.807) is 6.92 Å². The molecule has 2 aromatic rings. The van der Waals surface area contributed by atoms with Crippen LogP contribution in [0.15, 0.2) is 10.6 Å². The predicted octanol–water partition coefficient (Wildman–Crippen LogP) is 0.713. The summed E-state index contributed by atoms with van der Waals surface area (Å²) in [5, 5.41) is 6.84. The van der Waals surface area contributed by atoms with Gasteiger partial charge < -0.3 is 15.6 Å². The van der Waals surface area contributed by atoms with Gasteiger partial charge in [0.15, 0.2) is 5.82 Å². The van der Waals surface area contributed by atoms with E-state index < -0.39 is 0 Å². The van der Waals surface area contributed by atoms with Gasteiger partial charge in [-0.1, -0.05) is 5.16 Å². The third-order valence-corrected chi connectivity index (χ3v) is 2.09. The zero-order valence-electron chi connectivity index (χ0n) is 9.77. The normalized spacial score (nSPS) is 10.5. The maximum Gasteiger partial charge on any atom is 0.228 e. The molecule has 0 saturated carbocycles. The topological polar surface area (TPSA) is 103 Å². The number of hydrogen-bond donors (Lipinski definition) is 2. The molecule has 0 aromatic carbocycles. The van der Waals surface area contributed by atoms with Crippen LogP contribution in [-0.2, 0) is 6.42 Å². The lowest BCUT2D eigenvalue weighted by Gasteiger charge is -2.04. The van der Waals surface area contributed by atoms with Crippen molar-refractivity contribution in [1.82, 2.24) is 20.1 Å². The van der Waals surface area contributed by atoms with Crippen molar-refractivity contribution >= 4 is 11.8 Å². The molecule has 0 fully saturated rings. The van der Waals surface area contributed by atoms with Gasteiger partial charge in [-0.25, -0.2) is 4.98 Å². The third kappa shape index (κ3) is 3.13. The summed E-state index contributed by atoms with van der Waals surface area (Å²) in [4.78, 5) is 12.2. The highest BCUT2D eigenvalue weighted by molar-refractivity contribution is 5.40. The van der Waals surface area contributed by atoms with E-state index in [-0.39, 0.29) is 5.95 Å². The van der Waals surface area contributed by atoms with Crippen molar-refractivity contribution in [2.24, 2.45) is 0 Å². The Morgan fingerprint density at radius 2 is 2.12 bits per heavy atom. The van der Waals surface area contributed by atoms with Crippen molar-refractivity contribution in [3.8, 4) is 0 Å². The summed E-state index contributed by atoms with van der Waals surface area (Å²) in [5.74, 6) is 2.21. The first-order chi connectivity index (χ1) is 8.13. The van der Waals surface area contributed by atoms with Crippen LogP contribution in [0, 0.1) is 13.8 Å². The molecule has 2 rings (SSSR count). The number of nitrogens with one attached hydrogen (secondary N) is 1. The van der Waals surface area contributed by atoms with Crippen LogP contribution in [0.2, 0.25) is 0 Å². The van der Waals surface area contributed by atoms with Gasteiger partial charge in [-0.2, -0.15) is 9.97 Å². The molecule has 2 heterocycles. The van der Waals surface area contributed by atoms with E-state index in [0.717, 1.165) is 5.69 Å². The van der Waals surface area contributed by atoms with Gasteiger partial charge >= 0.3 is 0 Å². The molecular weight excluding hydrogens is 220 g/mol. The van der Waals surface area contributed by atoms with Gasteiger partial charge in [0.1, 0.15) is 5.82 Å². The van der Waals surface area contributed by atoms with Gasteiger partial charge in [0.25, 0.3) is 0 Å². The van der Waals surface area contributed by atoms with Crippen molar-refractivity contribution in [1.29, 1.82) is 0 Å². The quantitative estimate of drug-likeness (QED) is 0.803. The zero-order valence-corrected chi connectivity index (χ0v) is 9.77. The first kappa shape index (κ1) is 11.3. The van der Waals surface area contributed by atoms with Crippen LogP contribution in [0.25, 0.3) is 0 Å². The standard InChI is InChI=1S/C10H14N6O/c1-6-5-8(15-10(11)13-6)12-4-3-9-14-7(2)16-17-9/h5H,3-4H2,1-2H3,(H3,11,12,13,15). The van der Waals surface area contributed by atoms with Crippen LogP contribution >= 0.6 is 0 Å². The molecule has 7 nitrogen and oxygen atoms in total. The van der Waals surface area contributed by atoms with Crippen molar-refractivity contribution in [3.05, 3.63) is 23.5 Å². The molecule has 0 saturated heterocycles. The van der Waals surface area contributed by atoms with Crippen LogP contribution < -0.4 is 11.1 Å². The summed E-state index contributed by atoms with van der Waals surface area (Å²) in [6.45, 7) is 4.30. The minimum atomic E-state index is 0.265. The van der Waals surface area contributed by atoms with Crippen LogP contribution in [0.1, 0.15) is 17.4 Å². The van der Waals surface area contributed by atoms with Crippen LogP contribution in [0.4, 0.5) is 11.8 Å². The molecule has 0 radical (unpaired) electrons. The Morgan fingerprint density at radius 3 is 2.76 bits per heavy atom. The summed E-state index contributed by atoms with van der Waals surface area (Å²) in [7, 11) is 0. The second-order valence-corrected chi connectivity index (χ2v) is 3.66. The number of hydrogen-bond acceptors (Lipinski definition) is 7. The predicted molar refractivity (Wildman–Crippen MR) is 62.4 cm³/mol.